The molecule has 1 aromatic rings. The lowest BCUT2D eigenvalue weighted by Crippen LogP contribution is -2.53. The van der Waals surface area contributed by atoms with Gasteiger partial charge in [-0.1, -0.05) is 17.2 Å². The SMILES string of the molecule is Cc1cc(C)cc(C(=O)N2CCOCC2CN(C)CCO)c1.O=CO. The molecule has 1 amide bonds. The molecule has 2 rings (SSSR count). The van der Waals surface area contributed by atoms with E-state index in [9.17, 15) is 4.79 Å². The third kappa shape index (κ3) is 6.81. The molecular weight excluding hydrogens is 324 g/mol. The van der Waals surface area contributed by atoms with Gasteiger partial charge < -0.3 is 24.7 Å². The number of likely N-dealkylation sites (N-methyl/N-ethyl adjacent to an activating group) is 1. The average Bonchev–Trinajstić information content (AvgIpc) is 2.55. The number of rotatable bonds is 5. The van der Waals surface area contributed by atoms with Gasteiger partial charge in [-0.25, -0.2) is 0 Å². The van der Waals surface area contributed by atoms with E-state index in [4.69, 9.17) is 19.7 Å². The zero-order chi connectivity index (χ0) is 18.8. The second-order valence-corrected chi connectivity index (χ2v) is 6.19. The van der Waals surface area contributed by atoms with Crippen LogP contribution in [0.3, 0.4) is 0 Å². The molecule has 0 bridgehead atoms. The second kappa shape index (κ2) is 10.8. The lowest BCUT2D eigenvalue weighted by Gasteiger charge is -2.37. The van der Waals surface area contributed by atoms with E-state index in [0.29, 0.717) is 32.8 Å². The van der Waals surface area contributed by atoms with Crippen LogP contribution in [-0.4, -0.2) is 84.9 Å². The predicted octanol–water partition coefficient (Wildman–Crippen LogP) is 0.769. The van der Waals surface area contributed by atoms with Crippen LogP contribution in [0.25, 0.3) is 0 Å². The predicted molar refractivity (Wildman–Crippen MR) is 94.8 cm³/mol. The maximum Gasteiger partial charge on any atom is 0.290 e. The number of carboxylic acid groups (broad SMARTS) is 1. The fourth-order valence-electron chi connectivity index (χ4n) is 2.96. The summed E-state index contributed by atoms with van der Waals surface area (Å²) < 4.78 is 5.54. The Morgan fingerprint density at radius 3 is 2.52 bits per heavy atom. The van der Waals surface area contributed by atoms with Gasteiger partial charge in [-0.2, -0.15) is 0 Å². The van der Waals surface area contributed by atoms with Crippen LogP contribution in [0.2, 0.25) is 0 Å². The minimum Gasteiger partial charge on any atom is -0.483 e. The van der Waals surface area contributed by atoms with Crippen LogP contribution in [0.4, 0.5) is 0 Å². The Balaban J connectivity index is 0.000000970. The van der Waals surface area contributed by atoms with Crippen molar-refractivity contribution in [2.45, 2.75) is 19.9 Å². The summed E-state index contributed by atoms with van der Waals surface area (Å²) in [6.07, 6.45) is 0. The minimum atomic E-state index is -0.250. The lowest BCUT2D eigenvalue weighted by atomic mass is 10.1. The molecule has 1 heterocycles. The second-order valence-electron chi connectivity index (χ2n) is 6.19. The molecule has 1 aliphatic heterocycles. The van der Waals surface area contributed by atoms with Crippen molar-refractivity contribution in [3.63, 3.8) is 0 Å². The average molecular weight is 352 g/mol. The number of aliphatic hydroxyl groups is 1. The summed E-state index contributed by atoms with van der Waals surface area (Å²) in [5.41, 5.74) is 2.95. The van der Waals surface area contributed by atoms with E-state index >= 15 is 0 Å². The zero-order valence-corrected chi connectivity index (χ0v) is 15.1. The van der Waals surface area contributed by atoms with Crippen molar-refractivity contribution in [2.24, 2.45) is 0 Å². The molecule has 0 radical (unpaired) electrons. The largest absolute Gasteiger partial charge is 0.483 e. The topological polar surface area (TPSA) is 90.3 Å². The van der Waals surface area contributed by atoms with E-state index < -0.39 is 0 Å². The summed E-state index contributed by atoms with van der Waals surface area (Å²) in [5.74, 6) is 0.0671. The van der Waals surface area contributed by atoms with Crippen molar-refractivity contribution in [1.29, 1.82) is 0 Å². The molecule has 25 heavy (non-hydrogen) atoms. The van der Waals surface area contributed by atoms with E-state index in [0.717, 1.165) is 16.7 Å². The van der Waals surface area contributed by atoms with E-state index in [1.807, 2.05) is 42.8 Å². The minimum absolute atomic E-state index is 0.0265. The van der Waals surface area contributed by atoms with Gasteiger partial charge in [0.2, 0.25) is 0 Å². The van der Waals surface area contributed by atoms with Crippen molar-refractivity contribution in [3.8, 4) is 0 Å². The van der Waals surface area contributed by atoms with Gasteiger partial charge in [0, 0.05) is 25.2 Å². The van der Waals surface area contributed by atoms with E-state index in [1.165, 1.54) is 0 Å². The van der Waals surface area contributed by atoms with E-state index in [1.54, 1.807) is 0 Å². The van der Waals surface area contributed by atoms with Gasteiger partial charge in [0.15, 0.2) is 0 Å². The highest BCUT2D eigenvalue weighted by Gasteiger charge is 2.29. The molecule has 0 aliphatic carbocycles. The summed E-state index contributed by atoms with van der Waals surface area (Å²) in [6, 6.07) is 5.99. The third-order valence-corrected chi connectivity index (χ3v) is 3.96. The fraction of sp³-hybridized carbons (Fsp3) is 0.556. The van der Waals surface area contributed by atoms with Gasteiger partial charge in [-0.3, -0.25) is 9.59 Å². The first-order valence-corrected chi connectivity index (χ1v) is 8.27. The highest BCUT2D eigenvalue weighted by molar-refractivity contribution is 5.95. The maximum atomic E-state index is 12.9. The van der Waals surface area contributed by atoms with Crippen LogP contribution >= 0.6 is 0 Å². The number of hydrogen-bond acceptors (Lipinski definition) is 5. The Labute approximate surface area is 148 Å². The molecule has 1 aromatic carbocycles. The van der Waals surface area contributed by atoms with Gasteiger partial charge >= 0.3 is 0 Å². The summed E-state index contributed by atoms with van der Waals surface area (Å²) in [7, 11) is 1.95. The normalized spacial score (nSPS) is 17.0. The Kier molecular flexibility index (Phi) is 9.12. The smallest absolute Gasteiger partial charge is 0.290 e. The van der Waals surface area contributed by atoms with Crippen molar-refractivity contribution in [1.82, 2.24) is 9.80 Å². The number of benzene rings is 1. The Bertz CT molecular complexity index is 544. The van der Waals surface area contributed by atoms with Crippen molar-refractivity contribution < 1.29 is 24.5 Å². The van der Waals surface area contributed by atoms with Gasteiger partial charge in [-0.05, 0) is 33.0 Å². The number of ether oxygens (including phenoxy) is 1. The maximum absolute atomic E-state index is 12.9. The molecule has 7 nitrogen and oxygen atoms in total. The van der Waals surface area contributed by atoms with Crippen LogP contribution in [0.1, 0.15) is 21.5 Å². The first kappa shape index (κ1) is 21.1. The van der Waals surface area contributed by atoms with Crippen LogP contribution in [0, 0.1) is 13.8 Å². The molecule has 140 valence electrons. The van der Waals surface area contributed by atoms with Crippen LogP contribution in [0.15, 0.2) is 18.2 Å². The number of nitrogens with zero attached hydrogens (tertiary/aromatic N) is 2. The molecule has 1 fully saturated rings. The third-order valence-electron chi connectivity index (χ3n) is 3.96. The fourth-order valence-corrected chi connectivity index (χ4v) is 2.96. The number of aryl methyl sites for hydroxylation is 2. The van der Waals surface area contributed by atoms with Crippen LogP contribution < -0.4 is 0 Å². The number of hydrogen-bond donors (Lipinski definition) is 2. The summed E-state index contributed by atoms with van der Waals surface area (Å²) >= 11 is 0. The molecule has 0 saturated carbocycles. The Morgan fingerprint density at radius 2 is 1.96 bits per heavy atom. The highest BCUT2D eigenvalue weighted by Crippen LogP contribution is 2.16. The van der Waals surface area contributed by atoms with Crippen molar-refractivity contribution in [2.75, 3.05) is 46.5 Å². The van der Waals surface area contributed by atoms with Crippen LogP contribution in [0.5, 0.6) is 0 Å². The molecular formula is C18H28N2O5. The molecule has 0 spiro atoms. The standard InChI is InChI=1S/C17H26N2O3.CH2O2/c1-13-8-14(2)10-15(9-13)17(21)19-5-7-22-12-16(19)11-18(3)4-6-20;2-1-3/h8-10,16,20H,4-7,11-12H2,1-3H3;1H,(H,2,3). The summed E-state index contributed by atoms with van der Waals surface area (Å²) in [4.78, 5) is 25.2. The molecule has 1 aliphatic rings. The number of carbonyl (C=O) groups excluding carboxylic acids is 1. The quantitative estimate of drug-likeness (QED) is 0.761. The Hall–Kier alpha value is -1.96. The molecule has 1 saturated heterocycles. The van der Waals surface area contributed by atoms with Gasteiger partial charge in [0.05, 0.1) is 25.9 Å². The first-order chi connectivity index (χ1) is 11.9. The monoisotopic (exact) mass is 352 g/mol. The van der Waals surface area contributed by atoms with Crippen molar-refractivity contribution >= 4 is 12.4 Å². The highest BCUT2D eigenvalue weighted by atomic mass is 16.5. The van der Waals surface area contributed by atoms with E-state index in [2.05, 4.69) is 6.07 Å². The molecule has 2 N–H and O–H groups in total. The Morgan fingerprint density at radius 1 is 1.36 bits per heavy atom. The molecule has 7 heteroatoms. The molecule has 1 unspecified atom stereocenters. The first-order valence-electron chi connectivity index (χ1n) is 8.27. The summed E-state index contributed by atoms with van der Waals surface area (Å²) in [5, 5.41) is 15.9. The number of morpholine rings is 1. The van der Waals surface area contributed by atoms with Crippen molar-refractivity contribution in [3.05, 3.63) is 34.9 Å². The zero-order valence-electron chi connectivity index (χ0n) is 15.1. The molecule has 1 atom stereocenters. The number of carbonyl (C=O) groups is 2. The number of aliphatic hydroxyl groups excluding tert-OH is 1. The van der Waals surface area contributed by atoms with Crippen LogP contribution in [-0.2, 0) is 9.53 Å². The summed E-state index contributed by atoms with van der Waals surface area (Å²) in [6.45, 7) is 6.94. The van der Waals surface area contributed by atoms with Gasteiger partial charge in [0.25, 0.3) is 12.4 Å². The number of amides is 1. The van der Waals surface area contributed by atoms with E-state index in [-0.39, 0.29) is 25.0 Å². The molecule has 0 aromatic heterocycles. The van der Waals surface area contributed by atoms with Gasteiger partial charge in [-0.15, -0.1) is 0 Å². The lowest BCUT2D eigenvalue weighted by molar-refractivity contribution is -0.122. The van der Waals surface area contributed by atoms with Gasteiger partial charge in [0.1, 0.15) is 0 Å².